The van der Waals surface area contributed by atoms with E-state index in [1.807, 2.05) is 53.9 Å². The van der Waals surface area contributed by atoms with Gasteiger partial charge in [0, 0.05) is 24.5 Å². The summed E-state index contributed by atoms with van der Waals surface area (Å²) in [6, 6.07) is 59.5. The standard InChI is InChI=1S/C88H104B2N8O8/c1-81(2,3)63-36-44-68(45-37-63)98-75(60-32-40-65(41-33-60)89-103-85(12,13)86(14,15)104-89)52-62(76(98)61-34-42-66(43-35-61)90-105-87(16,17)88(18,19)106-90)53-84(10,11)64-38-46-67(47-39-64)97-71(58-28-24-56(25-29-58)69-54-91-77(93-69)73-22-20-50-95(73)79(99)101-82(4,5)6)48-49-72(97)59-30-26-57(27-31-59)70-55-92-78(94-70)74-23-21-51-96(74)80(100)102-83(7,8)9/h24-49,52,54-55,73-74H,20-23,50-51,53H2,1-19H3,(H,91,93)(H,92,94)/t73-,74?/m0/s1. The number of nitrogens with zero attached hydrogens (tertiary/aromatic N) is 6. The van der Waals surface area contributed by atoms with Crippen molar-refractivity contribution in [2.24, 2.45) is 0 Å². The molecule has 4 aromatic heterocycles. The second-order valence-electron chi connectivity index (χ2n) is 35.2. The van der Waals surface area contributed by atoms with Gasteiger partial charge in [-0.2, -0.15) is 0 Å². The van der Waals surface area contributed by atoms with Crippen LogP contribution in [0.15, 0.2) is 176 Å². The summed E-state index contributed by atoms with van der Waals surface area (Å²) >= 11 is 0. The number of aromatic nitrogens is 6. The van der Waals surface area contributed by atoms with Gasteiger partial charge in [-0.15, -0.1) is 0 Å². The van der Waals surface area contributed by atoms with E-state index in [1.54, 1.807) is 9.80 Å². The normalized spacial score (nSPS) is 18.7. The van der Waals surface area contributed by atoms with E-state index >= 15 is 0 Å². The molecule has 4 aliphatic rings. The van der Waals surface area contributed by atoms with Crippen molar-refractivity contribution in [1.29, 1.82) is 0 Å². The number of likely N-dealkylation sites (tertiary alicyclic amines) is 2. The largest absolute Gasteiger partial charge is 0.494 e. The third kappa shape index (κ3) is 14.6. The van der Waals surface area contributed by atoms with Crippen molar-refractivity contribution in [2.75, 3.05) is 13.1 Å². The Morgan fingerprint density at radius 3 is 1.21 bits per heavy atom. The fourth-order valence-corrected chi connectivity index (χ4v) is 15.1. The molecule has 0 spiro atoms. The molecule has 18 heteroatoms. The fourth-order valence-electron chi connectivity index (χ4n) is 15.1. The molecule has 2 atom stereocenters. The van der Waals surface area contributed by atoms with Crippen molar-refractivity contribution in [3.8, 4) is 78.9 Å². The number of carbonyl (C=O) groups excluding carboxylic acids is 2. The molecule has 4 aliphatic heterocycles. The lowest BCUT2D eigenvalue weighted by Crippen LogP contribution is -2.41. The van der Waals surface area contributed by atoms with E-state index in [0.717, 1.165) is 127 Å². The van der Waals surface area contributed by atoms with E-state index in [2.05, 4.69) is 273 Å². The van der Waals surface area contributed by atoms with Gasteiger partial charge in [0.15, 0.2) is 0 Å². The number of rotatable bonds is 15. The maximum atomic E-state index is 13.3. The SMILES string of the molecule is CC(C)(C)OC(=O)N1CCCC1c1ncc(-c2ccc(-c3ccc(-c4ccc(-c5cnc([C@@H]6CCCN6C(=O)OC(C)(C)C)[nH]5)cc4)n3-c3ccc(C(C)(C)Cc4cc(-c5ccc(B6OC(C)(C)C(C)(C)O6)cc5)n(-c5ccc(C(C)(C)C)cc5)c4-c4ccc(B5OC(C)(C)C(C)(C)O5)cc4)cc3)cc2)[nH]1. The van der Waals surface area contributed by atoms with Crippen LogP contribution in [-0.2, 0) is 45.3 Å². The highest BCUT2D eigenvalue weighted by atomic mass is 16.7. The van der Waals surface area contributed by atoms with Crippen molar-refractivity contribution in [2.45, 2.75) is 220 Å². The molecule has 106 heavy (non-hydrogen) atoms. The lowest BCUT2D eigenvalue weighted by Gasteiger charge is -2.32. The Balaban J connectivity index is 0.826. The quantitative estimate of drug-likeness (QED) is 0.0945. The van der Waals surface area contributed by atoms with E-state index in [1.165, 1.54) is 16.7 Å². The number of benzene rings is 6. The third-order valence-corrected chi connectivity index (χ3v) is 22.5. The minimum Gasteiger partial charge on any atom is -0.444 e. The first-order valence-electron chi connectivity index (χ1n) is 37.8. The van der Waals surface area contributed by atoms with Crippen LogP contribution < -0.4 is 10.9 Å². The van der Waals surface area contributed by atoms with Crippen LogP contribution in [0.1, 0.15) is 198 Å². The molecule has 1 unspecified atom stereocenters. The second kappa shape index (κ2) is 27.2. The number of carbonyl (C=O) groups is 2. The predicted octanol–water partition coefficient (Wildman–Crippen LogP) is 19.3. The number of aromatic amines is 2. The highest BCUT2D eigenvalue weighted by Crippen LogP contribution is 2.45. The van der Waals surface area contributed by atoms with Gasteiger partial charge in [0.25, 0.3) is 0 Å². The Labute approximate surface area is 627 Å². The number of hydrogen-bond acceptors (Lipinski definition) is 10. The Bertz CT molecular complexity index is 4670. The number of hydrogen-bond donors (Lipinski definition) is 2. The zero-order valence-electron chi connectivity index (χ0n) is 65.5. The fraction of sp³-hybridized carbons (Fsp3) is 0.409. The molecule has 0 saturated carbocycles. The van der Waals surface area contributed by atoms with E-state index in [4.69, 9.17) is 38.1 Å². The van der Waals surface area contributed by atoms with Crippen LogP contribution >= 0.6 is 0 Å². The Kier molecular flexibility index (Phi) is 18.9. The zero-order valence-corrected chi connectivity index (χ0v) is 65.5. The summed E-state index contributed by atoms with van der Waals surface area (Å²) in [7, 11) is -1.00. The first-order valence-corrected chi connectivity index (χ1v) is 37.8. The molecular weight excluding hydrogens is 1320 g/mol. The second-order valence-corrected chi connectivity index (χ2v) is 35.2. The van der Waals surface area contributed by atoms with Crippen molar-refractivity contribution in [3.05, 3.63) is 205 Å². The van der Waals surface area contributed by atoms with Crippen molar-refractivity contribution in [3.63, 3.8) is 0 Å². The summed E-state index contributed by atoms with van der Waals surface area (Å²) in [6.07, 6.45) is 7.15. The molecule has 14 rings (SSSR count). The van der Waals surface area contributed by atoms with E-state index in [-0.39, 0.29) is 35.1 Å². The molecule has 4 saturated heterocycles. The van der Waals surface area contributed by atoms with Gasteiger partial charge < -0.3 is 47.2 Å². The van der Waals surface area contributed by atoms with Crippen molar-refractivity contribution < 1.29 is 37.7 Å². The van der Waals surface area contributed by atoms with Crippen molar-refractivity contribution in [1.82, 2.24) is 38.9 Å². The van der Waals surface area contributed by atoms with Crippen LogP contribution in [0.25, 0.3) is 78.9 Å². The van der Waals surface area contributed by atoms with Gasteiger partial charge in [0.2, 0.25) is 0 Å². The summed E-state index contributed by atoms with van der Waals surface area (Å²) in [4.78, 5) is 47.1. The number of H-pyrrole nitrogens is 2. The molecule has 550 valence electrons. The number of imidazole rings is 2. The van der Waals surface area contributed by atoms with Gasteiger partial charge in [0.1, 0.15) is 22.9 Å². The van der Waals surface area contributed by atoms with Crippen LogP contribution in [0.2, 0.25) is 0 Å². The topological polar surface area (TPSA) is 163 Å². The average molecular weight is 1420 g/mol. The maximum Gasteiger partial charge on any atom is 0.494 e. The molecule has 2 amide bonds. The number of ether oxygens (including phenoxy) is 2. The van der Waals surface area contributed by atoms with Crippen LogP contribution in [0.5, 0.6) is 0 Å². The average Bonchev–Trinajstić information content (AvgIpc) is 1.59. The highest BCUT2D eigenvalue weighted by Gasteiger charge is 2.53. The molecule has 0 aliphatic carbocycles. The molecule has 0 bridgehead atoms. The molecular formula is C88H104B2N8O8. The summed E-state index contributed by atoms with van der Waals surface area (Å²) in [5.41, 5.74) is 16.2. The lowest BCUT2D eigenvalue weighted by atomic mass is 9.77. The number of amides is 2. The molecule has 2 N–H and O–H groups in total. The predicted molar refractivity (Wildman–Crippen MR) is 425 cm³/mol. The van der Waals surface area contributed by atoms with Gasteiger partial charge in [-0.25, -0.2) is 19.6 Å². The van der Waals surface area contributed by atoms with Crippen LogP contribution in [0, 0.1) is 0 Å². The summed E-state index contributed by atoms with van der Waals surface area (Å²) in [5, 5.41) is 0. The van der Waals surface area contributed by atoms with E-state index in [9.17, 15) is 9.59 Å². The molecule has 0 radical (unpaired) electrons. The Morgan fingerprint density at radius 1 is 0.453 bits per heavy atom. The zero-order chi connectivity index (χ0) is 75.4. The van der Waals surface area contributed by atoms with Gasteiger partial charge in [-0.3, -0.25) is 9.80 Å². The Hall–Kier alpha value is -9.19. The summed E-state index contributed by atoms with van der Waals surface area (Å²) in [6.45, 7) is 40.9. The highest BCUT2D eigenvalue weighted by molar-refractivity contribution is 6.62. The molecule has 6 aromatic carbocycles. The third-order valence-electron chi connectivity index (χ3n) is 22.5. The molecule has 8 heterocycles. The van der Waals surface area contributed by atoms with Gasteiger partial charge in [0.05, 0.1) is 81.0 Å². The molecule has 4 fully saturated rings. The minimum absolute atomic E-state index is 0.0443. The van der Waals surface area contributed by atoms with E-state index in [0.29, 0.717) is 19.5 Å². The summed E-state index contributed by atoms with van der Waals surface area (Å²) in [5.74, 6) is 1.50. The first kappa shape index (κ1) is 73.7. The van der Waals surface area contributed by atoms with Crippen LogP contribution in [0.3, 0.4) is 0 Å². The summed E-state index contributed by atoms with van der Waals surface area (Å²) < 4.78 is 42.8. The van der Waals surface area contributed by atoms with Gasteiger partial charge >= 0.3 is 26.4 Å². The van der Waals surface area contributed by atoms with Gasteiger partial charge in [-0.05, 0) is 243 Å². The maximum absolute atomic E-state index is 13.3. The Morgan fingerprint density at radius 2 is 0.811 bits per heavy atom. The van der Waals surface area contributed by atoms with Crippen LogP contribution in [-0.4, -0.2) is 112 Å². The van der Waals surface area contributed by atoms with Gasteiger partial charge in [-0.1, -0.05) is 156 Å². The molecule has 16 nitrogen and oxygen atoms in total. The molecule has 10 aromatic rings. The van der Waals surface area contributed by atoms with Crippen molar-refractivity contribution >= 4 is 37.3 Å². The van der Waals surface area contributed by atoms with E-state index < -0.39 is 47.8 Å². The monoisotopic (exact) mass is 1420 g/mol. The minimum atomic E-state index is -0.600. The number of nitrogens with one attached hydrogen (secondary N) is 2. The lowest BCUT2D eigenvalue weighted by molar-refractivity contribution is 0.00578. The smallest absolute Gasteiger partial charge is 0.444 e. The first-order chi connectivity index (χ1) is 49.9. The van der Waals surface area contributed by atoms with Crippen LogP contribution in [0.4, 0.5) is 9.59 Å².